The molecule has 12 heteroatoms. The van der Waals surface area contributed by atoms with Crippen molar-refractivity contribution in [2.75, 3.05) is 38.2 Å². The van der Waals surface area contributed by atoms with Gasteiger partial charge in [-0.3, -0.25) is 19.7 Å². The van der Waals surface area contributed by atoms with Crippen LogP contribution in [0.25, 0.3) is 0 Å². The van der Waals surface area contributed by atoms with E-state index in [-0.39, 0.29) is 35.8 Å². The summed E-state index contributed by atoms with van der Waals surface area (Å²) in [6.07, 6.45) is 5.45. The van der Waals surface area contributed by atoms with E-state index < -0.39 is 29.0 Å². The van der Waals surface area contributed by atoms with Crippen LogP contribution in [-0.2, 0) is 29.3 Å². The Labute approximate surface area is 279 Å². The minimum atomic E-state index is -1.10. The minimum Gasteiger partial charge on any atom is -0.378 e. The molecule has 5 atom stereocenters. The summed E-state index contributed by atoms with van der Waals surface area (Å²) in [4.78, 5) is 48.1. The lowest BCUT2D eigenvalue weighted by atomic mass is 9.53. The minimum absolute atomic E-state index is 0.0183. The van der Waals surface area contributed by atoms with Crippen molar-refractivity contribution in [3.05, 3.63) is 57.8 Å². The zero-order chi connectivity index (χ0) is 32.3. The predicted molar refractivity (Wildman–Crippen MR) is 174 cm³/mol. The Kier molecular flexibility index (Phi) is 8.33. The number of nitrogens with zero attached hydrogens (tertiary/aromatic N) is 2. The molecular formula is C34H41Cl2N5O5. The van der Waals surface area contributed by atoms with Crippen LogP contribution in [0, 0.1) is 5.41 Å². The molecule has 3 N–H and O–H groups in total. The molecule has 3 amide bonds. The number of amides is 3. The van der Waals surface area contributed by atoms with Crippen LogP contribution in [0.15, 0.2) is 36.5 Å². The number of pyridine rings is 1. The maximum absolute atomic E-state index is 14.6. The van der Waals surface area contributed by atoms with E-state index in [1.807, 2.05) is 18.2 Å². The Morgan fingerprint density at radius 3 is 2.50 bits per heavy atom. The molecule has 1 aromatic heterocycles. The molecule has 1 saturated carbocycles. The van der Waals surface area contributed by atoms with Gasteiger partial charge in [0.25, 0.3) is 5.91 Å². The van der Waals surface area contributed by atoms with E-state index >= 15 is 0 Å². The Morgan fingerprint density at radius 2 is 1.80 bits per heavy atom. The van der Waals surface area contributed by atoms with Gasteiger partial charge in [-0.2, -0.15) is 0 Å². The van der Waals surface area contributed by atoms with Gasteiger partial charge in [-0.1, -0.05) is 43.1 Å². The summed E-state index contributed by atoms with van der Waals surface area (Å²) in [6.45, 7) is 6.95. The quantitative estimate of drug-likeness (QED) is 0.417. The third-order valence-electron chi connectivity index (χ3n) is 11.1. The second-order valence-electron chi connectivity index (χ2n) is 14.3. The number of nitrogens with one attached hydrogen (secondary N) is 3. The molecule has 5 aliphatic rings. The van der Waals surface area contributed by atoms with Gasteiger partial charge in [-0.25, -0.2) is 4.98 Å². The smallest absolute Gasteiger partial charge is 0.251 e. The number of ether oxygens (including phenoxy) is 2. The van der Waals surface area contributed by atoms with Gasteiger partial charge in [0.15, 0.2) is 0 Å². The van der Waals surface area contributed by atoms with Gasteiger partial charge >= 0.3 is 0 Å². The molecule has 46 heavy (non-hydrogen) atoms. The monoisotopic (exact) mass is 669 g/mol. The van der Waals surface area contributed by atoms with Crippen molar-refractivity contribution in [3.8, 4) is 0 Å². The van der Waals surface area contributed by atoms with Crippen molar-refractivity contribution in [3.63, 3.8) is 0 Å². The van der Waals surface area contributed by atoms with E-state index in [0.29, 0.717) is 67.8 Å². The lowest BCUT2D eigenvalue weighted by Crippen LogP contribution is -2.61. The number of carbonyl (C=O) groups excluding carboxylic acids is 3. The van der Waals surface area contributed by atoms with Crippen molar-refractivity contribution >= 4 is 46.6 Å². The summed E-state index contributed by atoms with van der Waals surface area (Å²) in [6, 6.07) is 8.16. The summed E-state index contributed by atoms with van der Waals surface area (Å²) in [5, 5.41) is 11.0. The molecule has 3 saturated heterocycles. The molecule has 1 aliphatic carbocycles. The average Bonchev–Trinajstić information content (AvgIpc) is 3.51. The van der Waals surface area contributed by atoms with E-state index in [9.17, 15) is 14.4 Å². The zero-order valence-corrected chi connectivity index (χ0v) is 27.8. The highest BCUT2D eigenvalue weighted by Crippen LogP contribution is 2.63. The Hall–Kier alpha value is -2.76. The van der Waals surface area contributed by atoms with E-state index in [2.05, 4.69) is 34.8 Å². The lowest BCUT2D eigenvalue weighted by Gasteiger charge is -2.50. The molecular weight excluding hydrogens is 629 g/mol. The summed E-state index contributed by atoms with van der Waals surface area (Å²) in [5.41, 5.74) is 0.584. The molecule has 1 aromatic carbocycles. The number of morpholine rings is 1. The van der Waals surface area contributed by atoms with Crippen LogP contribution in [0.1, 0.15) is 69.4 Å². The molecule has 2 spiro atoms. The summed E-state index contributed by atoms with van der Waals surface area (Å²) >= 11 is 12.9. The fraction of sp³-hybridized carbons (Fsp3) is 0.588. The highest BCUT2D eigenvalue weighted by atomic mass is 35.5. The van der Waals surface area contributed by atoms with Crippen molar-refractivity contribution in [1.82, 2.24) is 20.5 Å². The molecule has 2 aromatic rings. The molecule has 0 unspecified atom stereocenters. The molecule has 0 radical (unpaired) electrons. The second kappa shape index (κ2) is 12.0. The molecule has 5 heterocycles. The van der Waals surface area contributed by atoms with Crippen molar-refractivity contribution in [2.45, 2.75) is 87.4 Å². The van der Waals surface area contributed by atoms with Crippen LogP contribution in [0.4, 0.5) is 5.69 Å². The molecule has 10 nitrogen and oxygen atoms in total. The lowest BCUT2D eigenvalue weighted by molar-refractivity contribution is -0.151. The van der Waals surface area contributed by atoms with Crippen molar-refractivity contribution in [1.29, 1.82) is 0 Å². The van der Waals surface area contributed by atoms with Crippen LogP contribution >= 0.6 is 23.2 Å². The fourth-order valence-corrected chi connectivity index (χ4v) is 8.99. The number of benzene rings is 1. The van der Waals surface area contributed by atoms with Gasteiger partial charge in [0.2, 0.25) is 11.8 Å². The summed E-state index contributed by atoms with van der Waals surface area (Å²) in [5.74, 6) is -0.955. The number of rotatable bonds is 4. The predicted octanol–water partition coefficient (Wildman–Crippen LogP) is 4.20. The summed E-state index contributed by atoms with van der Waals surface area (Å²) in [7, 11) is 0. The fourth-order valence-electron chi connectivity index (χ4n) is 8.63. The Bertz CT molecular complexity index is 1530. The topological polar surface area (TPSA) is 122 Å². The maximum atomic E-state index is 14.6. The average molecular weight is 671 g/mol. The summed E-state index contributed by atoms with van der Waals surface area (Å²) < 4.78 is 11.4. The largest absolute Gasteiger partial charge is 0.378 e. The van der Waals surface area contributed by atoms with Crippen molar-refractivity contribution < 1.29 is 23.9 Å². The number of halogens is 2. The first-order valence-corrected chi connectivity index (χ1v) is 17.1. The third kappa shape index (κ3) is 5.30. The van der Waals surface area contributed by atoms with Crippen LogP contribution < -0.4 is 16.0 Å². The number of fused-ring (bicyclic) bond motifs is 3. The van der Waals surface area contributed by atoms with Gasteiger partial charge < -0.3 is 25.0 Å². The number of anilines is 1. The molecule has 246 valence electrons. The highest BCUT2D eigenvalue weighted by molar-refractivity contribution is 6.31. The van der Waals surface area contributed by atoms with Crippen LogP contribution in [0.2, 0.25) is 10.2 Å². The molecule has 4 aliphatic heterocycles. The van der Waals surface area contributed by atoms with Crippen molar-refractivity contribution in [2.24, 2.45) is 5.41 Å². The van der Waals surface area contributed by atoms with Crippen LogP contribution in [0.5, 0.6) is 0 Å². The first-order valence-electron chi connectivity index (χ1n) is 16.3. The molecule has 7 rings (SSSR count). The molecule has 4 fully saturated rings. The van der Waals surface area contributed by atoms with E-state index in [1.165, 1.54) is 0 Å². The van der Waals surface area contributed by atoms with E-state index in [0.717, 1.165) is 24.0 Å². The third-order valence-corrected chi connectivity index (χ3v) is 11.5. The van der Waals surface area contributed by atoms with Crippen LogP contribution in [0.3, 0.4) is 0 Å². The first kappa shape index (κ1) is 31.8. The zero-order valence-electron chi connectivity index (χ0n) is 26.2. The number of hydrogen-bond donors (Lipinski definition) is 3. The Balaban J connectivity index is 1.22. The highest BCUT2D eigenvalue weighted by Gasteiger charge is 2.72. The van der Waals surface area contributed by atoms with Gasteiger partial charge in [-0.15, -0.1) is 0 Å². The van der Waals surface area contributed by atoms with Gasteiger partial charge in [-0.05, 0) is 79.3 Å². The number of hydrogen-bond acceptors (Lipinski definition) is 7. The molecule has 0 bridgehead atoms. The Morgan fingerprint density at radius 1 is 1.04 bits per heavy atom. The van der Waals surface area contributed by atoms with E-state index in [4.69, 9.17) is 32.7 Å². The number of carbonyl (C=O) groups is 3. The van der Waals surface area contributed by atoms with Gasteiger partial charge in [0.05, 0.1) is 31.9 Å². The second-order valence-corrected chi connectivity index (χ2v) is 15.1. The normalized spacial score (nSPS) is 31.5. The maximum Gasteiger partial charge on any atom is 0.251 e. The van der Waals surface area contributed by atoms with E-state index in [1.54, 1.807) is 23.2 Å². The first-order chi connectivity index (χ1) is 22.0. The van der Waals surface area contributed by atoms with Gasteiger partial charge in [0.1, 0.15) is 16.7 Å². The van der Waals surface area contributed by atoms with Gasteiger partial charge in [0, 0.05) is 41.5 Å². The number of aromatic nitrogens is 1. The SMILES string of the molecule is CC1(C)CCC2(CC1)N[C@@H](C(=O)N[C@@H]1CC[C@@H](C(=O)N3CCOCC3)OC1)[C@H](c1ccnc(Cl)c1)[C@]21C(=O)Nc2cc(Cl)ccc21. The standard InChI is InChI=1S/C34H41Cl2N5O5/c1-32(2)8-10-33(11-9-32)34(23-5-3-21(35)18-24(23)39-31(34)44)27(20-7-12-37-26(36)17-20)28(40-33)29(42)38-22-4-6-25(46-19-22)30(43)41-13-15-45-16-14-41/h3,5,7,12,17-18,22,25,27-28,40H,4,6,8-11,13-16,19H2,1-2H3,(H,38,42)(H,39,44)/t22-,25+,27+,28-,34-/m1/s1. The van der Waals surface area contributed by atoms with Crippen LogP contribution in [-0.4, -0.2) is 84.2 Å².